The predicted molar refractivity (Wildman–Crippen MR) is 68.8 cm³/mol. The molecule has 100 valence electrons. The van der Waals surface area contributed by atoms with E-state index in [9.17, 15) is 9.59 Å². The lowest BCUT2D eigenvalue weighted by atomic mass is 10.3. The van der Waals surface area contributed by atoms with Crippen molar-refractivity contribution in [3.05, 3.63) is 15.6 Å². The van der Waals surface area contributed by atoms with Crippen molar-refractivity contribution in [3.63, 3.8) is 0 Å². The molecule has 18 heavy (non-hydrogen) atoms. The predicted octanol–water partition coefficient (Wildman–Crippen LogP) is 0.766. The first-order valence-corrected chi connectivity index (χ1v) is 6.47. The maximum absolute atomic E-state index is 11.4. The summed E-state index contributed by atoms with van der Waals surface area (Å²) in [6.07, 6.45) is 1.23. The second kappa shape index (κ2) is 7.07. The number of aryl methyl sites for hydroxylation is 1. The number of aromatic nitrogens is 1. The molecule has 1 heterocycles. The van der Waals surface area contributed by atoms with Crippen LogP contribution in [0.1, 0.15) is 33.2 Å². The van der Waals surface area contributed by atoms with Crippen molar-refractivity contribution < 1.29 is 14.7 Å². The highest BCUT2D eigenvalue weighted by molar-refractivity contribution is 7.13. The fourth-order valence-electron chi connectivity index (χ4n) is 1.41. The maximum atomic E-state index is 11.4. The van der Waals surface area contributed by atoms with E-state index in [1.807, 2.05) is 7.05 Å². The van der Waals surface area contributed by atoms with Gasteiger partial charge in [-0.3, -0.25) is 4.79 Å². The Morgan fingerprint density at radius 3 is 2.72 bits per heavy atom. The number of amides is 1. The number of carboxylic acids is 1. The van der Waals surface area contributed by atoms with E-state index in [0.717, 1.165) is 24.3 Å². The molecule has 0 aliphatic heterocycles. The summed E-state index contributed by atoms with van der Waals surface area (Å²) in [5.74, 6) is -1.02. The first-order valence-electron chi connectivity index (χ1n) is 5.65. The van der Waals surface area contributed by atoms with E-state index < -0.39 is 5.97 Å². The van der Waals surface area contributed by atoms with Crippen LogP contribution in [-0.2, 0) is 11.3 Å². The van der Waals surface area contributed by atoms with Gasteiger partial charge in [0.25, 0.3) is 0 Å². The first-order chi connectivity index (χ1) is 8.54. The Kier molecular flexibility index (Phi) is 5.73. The van der Waals surface area contributed by atoms with Gasteiger partial charge in [-0.05, 0) is 26.9 Å². The van der Waals surface area contributed by atoms with Gasteiger partial charge in [0, 0.05) is 6.42 Å². The standard InChI is InChI=1S/C11H17N3O3S/c1-7-10(11(16)17)18-9(14-7)6-13-8(15)4-3-5-12-2/h12H,3-6H2,1-2H3,(H,13,15)(H,16,17). The van der Waals surface area contributed by atoms with Crippen LogP contribution in [0.2, 0.25) is 0 Å². The molecule has 0 aliphatic rings. The highest BCUT2D eigenvalue weighted by Gasteiger charge is 2.14. The van der Waals surface area contributed by atoms with E-state index in [0.29, 0.717) is 17.1 Å². The largest absolute Gasteiger partial charge is 0.477 e. The monoisotopic (exact) mass is 271 g/mol. The number of thiazole rings is 1. The Morgan fingerprint density at radius 2 is 2.17 bits per heavy atom. The van der Waals surface area contributed by atoms with Gasteiger partial charge in [-0.1, -0.05) is 0 Å². The molecule has 0 spiro atoms. The van der Waals surface area contributed by atoms with Gasteiger partial charge in [0.15, 0.2) is 0 Å². The average molecular weight is 271 g/mol. The summed E-state index contributed by atoms with van der Waals surface area (Å²) in [5, 5.41) is 15.2. The molecule has 1 rings (SSSR count). The van der Waals surface area contributed by atoms with Gasteiger partial charge >= 0.3 is 5.97 Å². The molecular formula is C11H17N3O3S. The number of aromatic carboxylic acids is 1. The summed E-state index contributed by atoms with van der Waals surface area (Å²) in [5.41, 5.74) is 0.493. The van der Waals surface area contributed by atoms with Crippen LogP contribution in [0, 0.1) is 6.92 Å². The normalized spacial score (nSPS) is 10.3. The van der Waals surface area contributed by atoms with Crippen LogP contribution in [0.5, 0.6) is 0 Å². The average Bonchev–Trinajstić information content (AvgIpc) is 2.68. The minimum absolute atomic E-state index is 0.0463. The lowest BCUT2D eigenvalue weighted by Gasteiger charge is -2.02. The Balaban J connectivity index is 2.41. The fourth-order valence-corrected chi connectivity index (χ4v) is 2.26. The fraction of sp³-hybridized carbons (Fsp3) is 0.545. The van der Waals surface area contributed by atoms with Crippen LogP contribution in [-0.4, -0.2) is 35.6 Å². The van der Waals surface area contributed by atoms with E-state index >= 15 is 0 Å². The summed E-state index contributed by atoms with van der Waals surface area (Å²) < 4.78 is 0. The Labute approximate surface area is 109 Å². The quantitative estimate of drug-likeness (QED) is 0.637. The number of carboxylic acid groups (broad SMARTS) is 1. The molecule has 0 saturated carbocycles. The molecule has 0 atom stereocenters. The van der Waals surface area contributed by atoms with Crippen molar-refractivity contribution in [2.24, 2.45) is 0 Å². The molecular weight excluding hydrogens is 254 g/mol. The van der Waals surface area contributed by atoms with E-state index in [-0.39, 0.29) is 17.3 Å². The Hall–Kier alpha value is -1.47. The lowest BCUT2D eigenvalue weighted by molar-refractivity contribution is -0.121. The molecule has 1 aromatic heterocycles. The highest BCUT2D eigenvalue weighted by Crippen LogP contribution is 2.17. The SMILES string of the molecule is CNCCCC(=O)NCc1nc(C)c(C(=O)O)s1. The molecule has 6 nitrogen and oxygen atoms in total. The summed E-state index contributed by atoms with van der Waals surface area (Å²) >= 11 is 1.10. The zero-order valence-corrected chi connectivity index (χ0v) is 11.3. The van der Waals surface area contributed by atoms with Gasteiger partial charge in [0.2, 0.25) is 5.91 Å². The molecule has 0 aromatic carbocycles. The van der Waals surface area contributed by atoms with Crippen LogP contribution in [0.25, 0.3) is 0 Å². The number of carbonyl (C=O) groups is 2. The molecule has 0 radical (unpaired) electrons. The van der Waals surface area contributed by atoms with Crippen molar-refractivity contribution in [2.45, 2.75) is 26.3 Å². The molecule has 1 aromatic rings. The molecule has 0 bridgehead atoms. The summed E-state index contributed by atoms with van der Waals surface area (Å²) in [6, 6.07) is 0. The van der Waals surface area contributed by atoms with Crippen molar-refractivity contribution in [2.75, 3.05) is 13.6 Å². The molecule has 0 unspecified atom stereocenters. The summed E-state index contributed by atoms with van der Waals surface area (Å²) in [6.45, 7) is 2.74. The molecule has 1 amide bonds. The van der Waals surface area contributed by atoms with Gasteiger partial charge in [0.1, 0.15) is 9.88 Å². The molecule has 0 aliphatic carbocycles. The summed E-state index contributed by atoms with van der Waals surface area (Å²) in [4.78, 5) is 26.6. The number of hydrogen-bond donors (Lipinski definition) is 3. The van der Waals surface area contributed by atoms with Gasteiger partial charge in [-0.15, -0.1) is 11.3 Å². The zero-order chi connectivity index (χ0) is 13.5. The van der Waals surface area contributed by atoms with Crippen LogP contribution in [0.15, 0.2) is 0 Å². The van der Waals surface area contributed by atoms with Crippen molar-refractivity contribution in [1.29, 1.82) is 0 Å². The Morgan fingerprint density at radius 1 is 1.44 bits per heavy atom. The number of hydrogen-bond acceptors (Lipinski definition) is 5. The smallest absolute Gasteiger partial charge is 0.347 e. The molecule has 3 N–H and O–H groups in total. The molecule has 0 fully saturated rings. The van der Waals surface area contributed by atoms with Crippen molar-refractivity contribution in [3.8, 4) is 0 Å². The third kappa shape index (κ3) is 4.42. The van der Waals surface area contributed by atoms with Crippen molar-refractivity contribution >= 4 is 23.2 Å². The molecule has 0 saturated heterocycles. The van der Waals surface area contributed by atoms with E-state index in [4.69, 9.17) is 5.11 Å². The first kappa shape index (κ1) is 14.6. The summed E-state index contributed by atoms with van der Waals surface area (Å²) in [7, 11) is 1.84. The highest BCUT2D eigenvalue weighted by atomic mass is 32.1. The number of nitrogens with one attached hydrogen (secondary N) is 2. The second-order valence-electron chi connectivity index (χ2n) is 3.81. The number of carbonyl (C=O) groups excluding carboxylic acids is 1. The topological polar surface area (TPSA) is 91.3 Å². The van der Waals surface area contributed by atoms with Crippen LogP contribution < -0.4 is 10.6 Å². The van der Waals surface area contributed by atoms with E-state index in [1.165, 1.54) is 0 Å². The van der Waals surface area contributed by atoms with Gasteiger partial charge in [-0.25, -0.2) is 9.78 Å². The lowest BCUT2D eigenvalue weighted by Crippen LogP contribution is -2.23. The molecule has 7 heteroatoms. The third-order valence-electron chi connectivity index (χ3n) is 2.30. The van der Waals surface area contributed by atoms with Crippen LogP contribution in [0.3, 0.4) is 0 Å². The number of rotatable bonds is 7. The van der Waals surface area contributed by atoms with Gasteiger partial charge in [-0.2, -0.15) is 0 Å². The van der Waals surface area contributed by atoms with Gasteiger partial charge in [0.05, 0.1) is 12.2 Å². The number of nitrogens with zero attached hydrogens (tertiary/aromatic N) is 1. The van der Waals surface area contributed by atoms with E-state index in [2.05, 4.69) is 15.6 Å². The second-order valence-corrected chi connectivity index (χ2v) is 4.89. The van der Waals surface area contributed by atoms with E-state index in [1.54, 1.807) is 6.92 Å². The third-order valence-corrected chi connectivity index (χ3v) is 3.45. The zero-order valence-electron chi connectivity index (χ0n) is 10.4. The minimum atomic E-state index is -0.975. The maximum Gasteiger partial charge on any atom is 0.347 e. The van der Waals surface area contributed by atoms with Crippen LogP contribution >= 0.6 is 11.3 Å². The van der Waals surface area contributed by atoms with Crippen molar-refractivity contribution in [1.82, 2.24) is 15.6 Å². The van der Waals surface area contributed by atoms with Crippen LogP contribution in [0.4, 0.5) is 0 Å². The minimum Gasteiger partial charge on any atom is -0.477 e. The Bertz CT molecular complexity index is 431. The van der Waals surface area contributed by atoms with Gasteiger partial charge < -0.3 is 15.7 Å².